The molecule has 1 saturated heterocycles. The molecule has 3 rings (SSSR count). The molecule has 6 heteroatoms. The SMILES string of the molecule is O=C(O)COc1cccc(C(=O)NCC2CCCOC2c2ccccc2)c1. The van der Waals surface area contributed by atoms with Crippen LogP contribution in [0.3, 0.4) is 0 Å². The highest BCUT2D eigenvalue weighted by Gasteiger charge is 2.27. The Bertz CT molecular complexity index is 777. The maximum atomic E-state index is 12.5. The molecule has 142 valence electrons. The number of carboxylic acid groups (broad SMARTS) is 1. The van der Waals surface area contributed by atoms with E-state index in [-0.39, 0.29) is 17.9 Å². The number of hydrogen-bond acceptors (Lipinski definition) is 4. The van der Waals surface area contributed by atoms with Gasteiger partial charge in [-0.15, -0.1) is 0 Å². The van der Waals surface area contributed by atoms with Crippen LogP contribution in [0.1, 0.15) is 34.9 Å². The van der Waals surface area contributed by atoms with E-state index in [1.807, 2.05) is 30.3 Å². The molecule has 2 unspecified atom stereocenters. The number of nitrogens with one attached hydrogen (secondary N) is 1. The van der Waals surface area contributed by atoms with Crippen molar-refractivity contribution in [2.24, 2.45) is 5.92 Å². The lowest BCUT2D eigenvalue weighted by Crippen LogP contribution is -2.35. The lowest BCUT2D eigenvalue weighted by molar-refractivity contribution is -0.139. The Hall–Kier alpha value is -2.86. The molecule has 2 aromatic carbocycles. The van der Waals surface area contributed by atoms with Crippen LogP contribution < -0.4 is 10.1 Å². The molecule has 1 heterocycles. The fraction of sp³-hybridized carbons (Fsp3) is 0.333. The van der Waals surface area contributed by atoms with E-state index in [9.17, 15) is 9.59 Å². The summed E-state index contributed by atoms with van der Waals surface area (Å²) in [7, 11) is 0. The van der Waals surface area contributed by atoms with E-state index in [1.165, 1.54) is 0 Å². The molecule has 6 nitrogen and oxygen atoms in total. The second kappa shape index (κ2) is 9.19. The van der Waals surface area contributed by atoms with Gasteiger partial charge in [-0.05, 0) is 36.6 Å². The molecule has 27 heavy (non-hydrogen) atoms. The Morgan fingerprint density at radius 1 is 1.15 bits per heavy atom. The van der Waals surface area contributed by atoms with Crippen LogP contribution >= 0.6 is 0 Å². The number of carbonyl (C=O) groups is 2. The number of amides is 1. The second-order valence-electron chi connectivity index (χ2n) is 6.52. The highest BCUT2D eigenvalue weighted by Crippen LogP contribution is 2.33. The molecule has 2 aromatic rings. The molecule has 1 aliphatic rings. The zero-order valence-corrected chi connectivity index (χ0v) is 15.0. The number of carbonyl (C=O) groups excluding carboxylic acids is 1. The van der Waals surface area contributed by atoms with Crippen molar-refractivity contribution in [2.45, 2.75) is 18.9 Å². The fourth-order valence-corrected chi connectivity index (χ4v) is 3.26. The molecule has 0 aromatic heterocycles. The van der Waals surface area contributed by atoms with Crippen LogP contribution in [0.5, 0.6) is 5.75 Å². The van der Waals surface area contributed by atoms with Crippen LogP contribution in [0.4, 0.5) is 0 Å². The lowest BCUT2D eigenvalue weighted by Gasteiger charge is -2.32. The van der Waals surface area contributed by atoms with E-state index < -0.39 is 12.6 Å². The predicted molar refractivity (Wildman–Crippen MR) is 99.8 cm³/mol. The minimum atomic E-state index is -1.06. The Balaban J connectivity index is 1.60. The van der Waals surface area contributed by atoms with Crippen molar-refractivity contribution in [1.29, 1.82) is 0 Å². The summed E-state index contributed by atoms with van der Waals surface area (Å²) in [5.74, 6) is -0.716. The third-order valence-corrected chi connectivity index (χ3v) is 4.56. The van der Waals surface area contributed by atoms with Gasteiger partial charge in [0, 0.05) is 24.6 Å². The summed E-state index contributed by atoms with van der Waals surface area (Å²) in [4.78, 5) is 23.1. The van der Waals surface area contributed by atoms with Crippen molar-refractivity contribution in [1.82, 2.24) is 5.32 Å². The molecular formula is C21H23NO5. The number of carboxylic acids is 1. The average Bonchev–Trinajstić information content (AvgIpc) is 2.71. The zero-order valence-electron chi connectivity index (χ0n) is 15.0. The van der Waals surface area contributed by atoms with Gasteiger partial charge in [-0.2, -0.15) is 0 Å². The Labute approximate surface area is 158 Å². The quantitative estimate of drug-likeness (QED) is 0.784. The zero-order chi connectivity index (χ0) is 19.1. The molecule has 0 spiro atoms. The highest BCUT2D eigenvalue weighted by atomic mass is 16.5. The fourth-order valence-electron chi connectivity index (χ4n) is 3.26. The third kappa shape index (κ3) is 5.31. The third-order valence-electron chi connectivity index (χ3n) is 4.56. The molecule has 0 saturated carbocycles. The monoisotopic (exact) mass is 369 g/mol. The first-order valence-electron chi connectivity index (χ1n) is 9.03. The Morgan fingerprint density at radius 2 is 1.96 bits per heavy atom. The second-order valence-corrected chi connectivity index (χ2v) is 6.52. The minimum Gasteiger partial charge on any atom is -0.482 e. The molecule has 2 N–H and O–H groups in total. The van der Waals surface area contributed by atoms with E-state index in [0.717, 1.165) is 25.0 Å². The standard InChI is InChI=1S/C21H23NO5/c23-19(24)14-27-18-10-4-8-16(12-18)21(25)22-13-17-9-5-11-26-20(17)15-6-2-1-3-7-15/h1-4,6-8,10,12,17,20H,5,9,11,13-14H2,(H,22,25)(H,23,24). The molecule has 1 fully saturated rings. The summed E-state index contributed by atoms with van der Waals surface area (Å²) < 4.78 is 11.1. The largest absolute Gasteiger partial charge is 0.482 e. The van der Waals surface area contributed by atoms with Crippen molar-refractivity contribution < 1.29 is 24.2 Å². The van der Waals surface area contributed by atoms with Gasteiger partial charge in [0.1, 0.15) is 5.75 Å². The highest BCUT2D eigenvalue weighted by molar-refractivity contribution is 5.94. The van der Waals surface area contributed by atoms with Crippen molar-refractivity contribution in [3.8, 4) is 5.75 Å². The molecule has 0 radical (unpaired) electrons. The van der Waals surface area contributed by atoms with Crippen molar-refractivity contribution >= 4 is 11.9 Å². The minimum absolute atomic E-state index is 0.0227. The maximum Gasteiger partial charge on any atom is 0.341 e. The number of benzene rings is 2. The average molecular weight is 369 g/mol. The van der Waals surface area contributed by atoms with Crippen molar-refractivity contribution in [3.05, 3.63) is 65.7 Å². The topological polar surface area (TPSA) is 84.9 Å². The van der Waals surface area contributed by atoms with Gasteiger partial charge < -0.3 is 19.9 Å². The summed E-state index contributed by atoms with van der Waals surface area (Å²) in [5.41, 5.74) is 1.56. The van der Waals surface area contributed by atoms with Crippen LogP contribution in [0.25, 0.3) is 0 Å². The summed E-state index contributed by atoms with van der Waals surface area (Å²) in [6.07, 6.45) is 1.94. The van der Waals surface area contributed by atoms with Gasteiger partial charge in [0.15, 0.2) is 6.61 Å². The molecule has 1 aliphatic heterocycles. The van der Waals surface area contributed by atoms with Crippen LogP contribution in [0, 0.1) is 5.92 Å². The number of hydrogen-bond donors (Lipinski definition) is 2. The Morgan fingerprint density at radius 3 is 2.74 bits per heavy atom. The summed E-state index contributed by atoms with van der Waals surface area (Å²) in [5, 5.41) is 11.7. The summed E-state index contributed by atoms with van der Waals surface area (Å²) in [6.45, 7) is 0.800. The molecule has 0 aliphatic carbocycles. The van der Waals surface area contributed by atoms with Gasteiger partial charge in [-0.25, -0.2) is 4.79 Å². The van der Waals surface area contributed by atoms with Crippen LogP contribution in [-0.2, 0) is 9.53 Å². The lowest BCUT2D eigenvalue weighted by atomic mass is 9.89. The molecule has 2 atom stereocenters. The van der Waals surface area contributed by atoms with E-state index in [2.05, 4.69) is 5.32 Å². The number of rotatable bonds is 7. The van der Waals surface area contributed by atoms with Crippen LogP contribution in [0.2, 0.25) is 0 Å². The number of ether oxygens (including phenoxy) is 2. The summed E-state index contributed by atoms with van der Waals surface area (Å²) >= 11 is 0. The first kappa shape index (κ1) is 18.9. The van der Waals surface area contributed by atoms with Gasteiger partial charge in [0.2, 0.25) is 0 Å². The van der Waals surface area contributed by atoms with E-state index in [1.54, 1.807) is 24.3 Å². The van der Waals surface area contributed by atoms with Crippen molar-refractivity contribution in [3.63, 3.8) is 0 Å². The molecule has 1 amide bonds. The van der Waals surface area contributed by atoms with Crippen molar-refractivity contribution in [2.75, 3.05) is 19.8 Å². The van der Waals surface area contributed by atoms with Gasteiger partial charge in [0.05, 0.1) is 6.10 Å². The maximum absolute atomic E-state index is 12.5. The van der Waals surface area contributed by atoms with Crippen LogP contribution in [-0.4, -0.2) is 36.7 Å². The smallest absolute Gasteiger partial charge is 0.341 e. The first-order chi connectivity index (χ1) is 13.1. The molecular weight excluding hydrogens is 346 g/mol. The van der Waals surface area contributed by atoms with Gasteiger partial charge in [-0.3, -0.25) is 4.79 Å². The number of aliphatic carboxylic acids is 1. The van der Waals surface area contributed by atoms with Gasteiger partial charge >= 0.3 is 5.97 Å². The van der Waals surface area contributed by atoms with Gasteiger partial charge in [-0.1, -0.05) is 36.4 Å². The predicted octanol–water partition coefficient (Wildman–Crippen LogP) is 3.05. The summed E-state index contributed by atoms with van der Waals surface area (Å²) in [6, 6.07) is 16.6. The Kier molecular flexibility index (Phi) is 6.44. The normalized spacial score (nSPS) is 19.3. The van der Waals surface area contributed by atoms with Crippen LogP contribution in [0.15, 0.2) is 54.6 Å². The van der Waals surface area contributed by atoms with Gasteiger partial charge in [0.25, 0.3) is 5.91 Å². The van der Waals surface area contributed by atoms with E-state index in [4.69, 9.17) is 14.6 Å². The van der Waals surface area contributed by atoms with E-state index in [0.29, 0.717) is 17.9 Å². The van der Waals surface area contributed by atoms with E-state index >= 15 is 0 Å². The molecule has 0 bridgehead atoms. The first-order valence-corrected chi connectivity index (χ1v) is 9.03.